The van der Waals surface area contributed by atoms with Crippen LogP contribution < -0.4 is 21.1 Å². The van der Waals surface area contributed by atoms with E-state index in [1.165, 1.54) is 18.2 Å². The van der Waals surface area contributed by atoms with Crippen LogP contribution in [0.2, 0.25) is 0 Å². The number of nitrogens with zero attached hydrogens (tertiary/aromatic N) is 1. The minimum Gasteiger partial charge on any atom is -0.397 e. The summed E-state index contributed by atoms with van der Waals surface area (Å²) < 4.78 is 22.7. The Morgan fingerprint density at radius 1 is 1.40 bits per heavy atom. The Balaban J connectivity index is 2.98. The number of primary sulfonamides is 1. The van der Waals surface area contributed by atoms with Gasteiger partial charge in [0.1, 0.15) is 0 Å². The molecule has 0 aliphatic heterocycles. The van der Waals surface area contributed by atoms with Gasteiger partial charge < -0.3 is 16.0 Å². The van der Waals surface area contributed by atoms with Gasteiger partial charge in [0.15, 0.2) is 0 Å². The second-order valence-corrected chi connectivity index (χ2v) is 6.41. The zero-order valence-electron chi connectivity index (χ0n) is 11.8. The van der Waals surface area contributed by atoms with Crippen LogP contribution in [0.5, 0.6) is 0 Å². The average molecular weight is 300 g/mol. The number of hydrogen-bond acceptors (Lipinski definition) is 5. The molecule has 0 spiro atoms. The van der Waals surface area contributed by atoms with Crippen molar-refractivity contribution in [3.8, 4) is 0 Å². The van der Waals surface area contributed by atoms with Gasteiger partial charge in [0.25, 0.3) is 0 Å². The molecule has 0 heterocycles. The summed E-state index contributed by atoms with van der Waals surface area (Å²) in [6.07, 6.45) is 0. The smallest absolute Gasteiger partial charge is 0.239 e. The first-order valence-electron chi connectivity index (χ1n) is 6.04. The summed E-state index contributed by atoms with van der Waals surface area (Å²) in [5.41, 5.74) is 6.61. The molecule has 5 N–H and O–H groups in total. The zero-order valence-corrected chi connectivity index (χ0v) is 12.6. The summed E-state index contributed by atoms with van der Waals surface area (Å²) >= 11 is 0. The highest BCUT2D eigenvalue weighted by Gasteiger charge is 2.15. The molecule has 1 rings (SSSR count). The highest BCUT2D eigenvalue weighted by Crippen LogP contribution is 2.25. The number of nitrogens with two attached hydrogens (primary N) is 2. The lowest BCUT2D eigenvalue weighted by molar-refractivity contribution is -0.120. The van der Waals surface area contributed by atoms with Crippen molar-refractivity contribution in [2.24, 2.45) is 5.14 Å². The fourth-order valence-electron chi connectivity index (χ4n) is 1.70. The number of carbonyl (C=O) groups excluding carboxylic acids is 1. The van der Waals surface area contributed by atoms with Crippen molar-refractivity contribution in [2.75, 3.05) is 24.2 Å². The number of anilines is 2. The molecule has 7 nitrogen and oxygen atoms in total. The monoisotopic (exact) mass is 300 g/mol. The Morgan fingerprint density at radius 3 is 2.50 bits per heavy atom. The Labute approximate surface area is 119 Å². The minimum atomic E-state index is -3.81. The van der Waals surface area contributed by atoms with Crippen molar-refractivity contribution in [1.82, 2.24) is 5.32 Å². The molecule has 8 heteroatoms. The van der Waals surface area contributed by atoms with Crippen LogP contribution in [0.15, 0.2) is 23.1 Å². The number of nitrogen functional groups attached to an aromatic ring is 1. The molecule has 0 saturated carbocycles. The van der Waals surface area contributed by atoms with Gasteiger partial charge >= 0.3 is 0 Å². The van der Waals surface area contributed by atoms with Crippen molar-refractivity contribution in [3.63, 3.8) is 0 Å². The quantitative estimate of drug-likeness (QED) is 0.655. The standard InChI is InChI=1S/C12H20N4O3S/c1-8(2)15-12(17)7-16(3)11-6-9(20(14,18)19)4-5-10(11)13/h4-6,8H,7,13H2,1-3H3,(H,15,17)(H2,14,18,19). The lowest BCUT2D eigenvalue weighted by atomic mass is 10.2. The molecule has 1 aromatic carbocycles. The molecular formula is C12H20N4O3S. The summed E-state index contributed by atoms with van der Waals surface area (Å²) in [5.74, 6) is -0.178. The van der Waals surface area contributed by atoms with Crippen LogP contribution in [0.3, 0.4) is 0 Å². The van der Waals surface area contributed by atoms with Crippen LogP contribution >= 0.6 is 0 Å². The number of sulfonamides is 1. The second kappa shape index (κ2) is 6.10. The van der Waals surface area contributed by atoms with E-state index in [0.717, 1.165) is 0 Å². The molecular weight excluding hydrogens is 280 g/mol. The Hall–Kier alpha value is -1.80. The third kappa shape index (κ3) is 4.39. The summed E-state index contributed by atoms with van der Waals surface area (Å²) in [6.45, 7) is 3.78. The number of benzene rings is 1. The highest BCUT2D eigenvalue weighted by atomic mass is 32.2. The van der Waals surface area contributed by atoms with Crippen molar-refractivity contribution >= 4 is 27.3 Å². The molecule has 0 atom stereocenters. The first kappa shape index (κ1) is 16.3. The van der Waals surface area contributed by atoms with E-state index in [-0.39, 0.29) is 23.4 Å². The summed E-state index contributed by atoms with van der Waals surface area (Å²) in [5, 5.41) is 7.82. The third-order valence-electron chi connectivity index (χ3n) is 2.57. The molecule has 20 heavy (non-hydrogen) atoms. The van der Waals surface area contributed by atoms with Gasteiger partial charge in [0.2, 0.25) is 15.9 Å². The van der Waals surface area contributed by atoms with Gasteiger partial charge in [-0.2, -0.15) is 0 Å². The van der Waals surface area contributed by atoms with E-state index in [1.807, 2.05) is 13.8 Å². The van der Waals surface area contributed by atoms with Gasteiger partial charge in [-0.15, -0.1) is 0 Å². The Kier molecular flexibility index (Phi) is 4.96. The molecule has 0 radical (unpaired) electrons. The second-order valence-electron chi connectivity index (χ2n) is 4.84. The van der Waals surface area contributed by atoms with Crippen molar-refractivity contribution in [2.45, 2.75) is 24.8 Å². The van der Waals surface area contributed by atoms with E-state index in [4.69, 9.17) is 10.9 Å². The molecule has 0 unspecified atom stereocenters. The molecule has 0 saturated heterocycles. The molecule has 112 valence electrons. The Morgan fingerprint density at radius 2 is 2.00 bits per heavy atom. The molecule has 1 aromatic rings. The molecule has 1 amide bonds. The van der Waals surface area contributed by atoms with Gasteiger partial charge in [-0.25, -0.2) is 13.6 Å². The summed E-state index contributed by atoms with van der Waals surface area (Å²) in [7, 11) is -2.15. The van der Waals surface area contributed by atoms with E-state index in [0.29, 0.717) is 11.4 Å². The average Bonchev–Trinajstić information content (AvgIpc) is 2.26. The maximum atomic E-state index is 11.7. The predicted octanol–water partition coefficient (Wildman–Crippen LogP) is -0.123. The molecule has 0 fully saturated rings. The van der Waals surface area contributed by atoms with Crippen LogP contribution in [-0.4, -0.2) is 34.0 Å². The number of likely N-dealkylation sites (N-methyl/N-ethyl adjacent to an activating group) is 1. The highest BCUT2D eigenvalue weighted by molar-refractivity contribution is 7.89. The number of carbonyl (C=O) groups is 1. The van der Waals surface area contributed by atoms with Gasteiger partial charge in [-0.3, -0.25) is 4.79 Å². The Bertz CT molecular complexity index is 599. The first-order valence-corrected chi connectivity index (χ1v) is 7.58. The summed E-state index contributed by atoms with van der Waals surface area (Å²) in [6, 6.07) is 4.17. The zero-order chi connectivity index (χ0) is 15.5. The van der Waals surface area contributed by atoms with E-state index in [1.54, 1.807) is 11.9 Å². The maximum absolute atomic E-state index is 11.7. The fourth-order valence-corrected chi connectivity index (χ4v) is 2.23. The third-order valence-corrected chi connectivity index (χ3v) is 3.48. The number of hydrogen-bond donors (Lipinski definition) is 3. The molecule has 0 bridgehead atoms. The number of nitrogens with one attached hydrogen (secondary N) is 1. The molecule has 0 aromatic heterocycles. The topological polar surface area (TPSA) is 119 Å². The van der Waals surface area contributed by atoms with Gasteiger partial charge in [0.05, 0.1) is 22.8 Å². The van der Waals surface area contributed by atoms with Crippen LogP contribution in [-0.2, 0) is 14.8 Å². The van der Waals surface area contributed by atoms with Crippen molar-refractivity contribution in [1.29, 1.82) is 0 Å². The normalized spacial score (nSPS) is 11.4. The van der Waals surface area contributed by atoms with Crippen molar-refractivity contribution in [3.05, 3.63) is 18.2 Å². The largest absolute Gasteiger partial charge is 0.397 e. The van der Waals surface area contributed by atoms with Crippen molar-refractivity contribution < 1.29 is 13.2 Å². The predicted molar refractivity (Wildman–Crippen MR) is 78.8 cm³/mol. The van der Waals surface area contributed by atoms with Gasteiger partial charge in [0, 0.05) is 13.1 Å². The van der Waals surface area contributed by atoms with E-state index >= 15 is 0 Å². The summed E-state index contributed by atoms with van der Waals surface area (Å²) in [4.78, 5) is 13.2. The van der Waals surface area contributed by atoms with Crippen LogP contribution in [0.25, 0.3) is 0 Å². The number of rotatable bonds is 5. The van der Waals surface area contributed by atoms with Gasteiger partial charge in [-0.05, 0) is 32.0 Å². The maximum Gasteiger partial charge on any atom is 0.239 e. The van der Waals surface area contributed by atoms with Crippen LogP contribution in [0, 0.1) is 0 Å². The lowest BCUT2D eigenvalue weighted by Crippen LogP contribution is -2.38. The van der Waals surface area contributed by atoms with Crippen LogP contribution in [0.1, 0.15) is 13.8 Å². The lowest BCUT2D eigenvalue weighted by Gasteiger charge is -2.21. The minimum absolute atomic E-state index is 0.0315. The van der Waals surface area contributed by atoms with E-state index < -0.39 is 10.0 Å². The molecule has 0 aliphatic rings. The molecule has 0 aliphatic carbocycles. The fraction of sp³-hybridized carbons (Fsp3) is 0.417. The van der Waals surface area contributed by atoms with E-state index in [9.17, 15) is 13.2 Å². The first-order chi connectivity index (χ1) is 9.11. The van der Waals surface area contributed by atoms with Gasteiger partial charge in [-0.1, -0.05) is 0 Å². The van der Waals surface area contributed by atoms with Crippen LogP contribution in [0.4, 0.5) is 11.4 Å². The van der Waals surface area contributed by atoms with E-state index in [2.05, 4.69) is 5.32 Å². The SMILES string of the molecule is CC(C)NC(=O)CN(C)c1cc(S(N)(=O)=O)ccc1N. The number of amides is 1.